The standard InChI is InChI=1S/C30H20N2.C24H15ClN2.C16H11BO2.C16H11Br.C10H8BO2.C8H4Cl2N2.C6H4BrI/c1-2-8-22(9-3-1)32-29-13-7-5-11-24(29)26-19-21(15-17-30(26)32)20-14-16-28-25(18-20)23-10-4-6-12-27(23)31-28;25-24-26-22-8-4-3-7-21(22)23(27-24)18-12-9-17(10-13-18)20-14-11-16-5-1-2-6-19(16)15-20;18-17-19-16-9-7-13(8-10-16)15-6-5-12-3-1-2-4-14(12)11-15;17-16-9-7-13(8-10-16)15-6-5-12-3-1-2-4-14(12)11-15;12-11-13-10-6-5-8-3-1-2-4-9(8)7-10;9-7-5-3-1-2-4-6(5)11-8(10)12-7;7-5-1-3-6(8)4-2-5/h1-19,31H;1-15H;2-11,18H;1-11H;1-7,12H;1-4H;1-4H/q;;+1;;;;. The molecule has 10 nitrogen and oxygen atoms in total. The summed E-state index contributed by atoms with van der Waals surface area (Å²) in [4.78, 5) is 20.1. The van der Waals surface area contributed by atoms with Crippen LogP contribution in [0.5, 0.6) is 11.5 Å². The maximum Gasteiger partial charge on any atom is 0.569 e. The zero-order valence-electron chi connectivity index (χ0n) is 68.3. The number of nitrogens with zero attached hydrogens (tertiary/aromatic N) is 5. The number of hydrogen-bond donors (Lipinski definition) is 3. The lowest BCUT2D eigenvalue weighted by Gasteiger charge is -2.08. The van der Waals surface area contributed by atoms with Gasteiger partial charge < -0.3 is 28.9 Å². The Morgan fingerprint density at radius 1 is 0.328 bits per heavy atom. The van der Waals surface area contributed by atoms with E-state index in [0.717, 1.165) is 63.9 Å². The number of nitrogens with one attached hydrogen (secondary N) is 1. The molecule has 0 aliphatic heterocycles. The lowest BCUT2D eigenvalue weighted by Crippen LogP contribution is -1.99. The van der Waals surface area contributed by atoms with Crippen LogP contribution in [-0.4, -0.2) is 54.9 Å². The van der Waals surface area contributed by atoms with E-state index in [2.05, 4.69) is 375 Å². The normalized spacial score (nSPS) is 11.0. The summed E-state index contributed by atoms with van der Waals surface area (Å²) in [6.07, 6.45) is 9.02. The lowest BCUT2D eigenvalue weighted by molar-refractivity contribution is 0.453. The number of rotatable bonds is 10. The predicted octanol–water partition coefficient (Wildman–Crippen LogP) is 31.0. The smallest absolute Gasteiger partial charge is 0.537 e. The predicted molar refractivity (Wildman–Crippen MR) is 552 cm³/mol. The van der Waals surface area contributed by atoms with E-state index < -0.39 is 0 Å². The fourth-order valence-electron chi connectivity index (χ4n) is 15.3. The van der Waals surface area contributed by atoms with Crippen molar-refractivity contribution in [2.24, 2.45) is 0 Å². The Morgan fingerprint density at radius 3 is 1.39 bits per heavy atom. The molecule has 0 fully saturated rings. The third-order valence-corrected chi connectivity index (χ3v) is 24.0. The van der Waals surface area contributed by atoms with Gasteiger partial charge in [0.1, 0.15) is 28.8 Å². The molecule has 0 amide bonds. The van der Waals surface area contributed by atoms with Crippen LogP contribution in [0.4, 0.5) is 0 Å². The molecule has 4 heterocycles. The van der Waals surface area contributed by atoms with E-state index in [1.807, 2.05) is 140 Å². The summed E-state index contributed by atoms with van der Waals surface area (Å²) in [5.74, 6) is 1.25. The van der Waals surface area contributed by atoms with Gasteiger partial charge in [0.2, 0.25) is 10.6 Å². The van der Waals surface area contributed by atoms with Gasteiger partial charge in [-0.3, -0.25) is 0 Å². The summed E-state index contributed by atoms with van der Waals surface area (Å²) < 4.78 is 15.6. The fraction of sp³-hybridized carbons (Fsp3) is 0. The van der Waals surface area contributed by atoms with E-state index in [1.165, 1.54) is 119 Å². The van der Waals surface area contributed by atoms with Crippen LogP contribution in [-0.2, 0) is 0 Å². The summed E-state index contributed by atoms with van der Waals surface area (Å²) in [5.41, 5.74) is 21.5. The number of benzene rings is 18. The molecule has 0 saturated carbocycles. The highest BCUT2D eigenvalue weighted by atomic mass is 127. The van der Waals surface area contributed by atoms with Crippen LogP contribution in [0.3, 0.4) is 0 Å². The van der Waals surface area contributed by atoms with E-state index in [1.54, 1.807) is 0 Å². The molecular formula is C110H73B2Br2Cl3IN6O4+. The molecule has 1 aliphatic carbocycles. The third kappa shape index (κ3) is 21.0. The minimum atomic E-state index is 0.179. The van der Waals surface area contributed by atoms with Crippen LogP contribution in [0.25, 0.3) is 171 Å². The Morgan fingerprint density at radius 2 is 0.758 bits per heavy atom. The van der Waals surface area contributed by atoms with Crippen molar-refractivity contribution in [2.75, 3.05) is 0 Å². The highest BCUT2D eigenvalue weighted by Crippen LogP contribution is 2.39. The van der Waals surface area contributed by atoms with Crippen LogP contribution in [0, 0.1) is 9.65 Å². The Balaban J connectivity index is 0.000000109. The summed E-state index contributed by atoms with van der Waals surface area (Å²) in [6.45, 7) is 0. The quantitative estimate of drug-likeness (QED) is 0.0406. The molecule has 18 aromatic carbocycles. The lowest BCUT2D eigenvalue weighted by atomic mass is 9.97. The average Bonchev–Trinajstić information content (AvgIpc) is 1.60. The summed E-state index contributed by atoms with van der Waals surface area (Å²) in [6, 6.07) is 139. The molecule has 3 N–H and O–H groups in total. The molecule has 128 heavy (non-hydrogen) atoms. The maximum absolute atomic E-state index is 8.57. The average molecular weight is 1960 g/mol. The van der Waals surface area contributed by atoms with Crippen molar-refractivity contribution in [2.45, 2.75) is 0 Å². The zero-order chi connectivity index (χ0) is 87.7. The molecule has 2 radical (unpaired) electrons. The first-order chi connectivity index (χ1) is 62.8. The van der Waals surface area contributed by atoms with E-state index >= 15 is 0 Å². The highest BCUT2D eigenvalue weighted by Gasteiger charge is 2.17. The molecule has 23 rings (SSSR count). The first kappa shape index (κ1) is 86.7. The summed E-state index contributed by atoms with van der Waals surface area (Å²) in [7, 11) is 1.37. The van der Waals surface area contributed by atoms with Gasteiger partial charge in [-0.25, -0.2) is 19.9 Å². The molecule has 0 unspecified atom stereocenters. The number of hydrogen-bond acceptors (Lipinski definition) is 8. The Hall–Kier alpha value is -13.4. The number of aromatic amines is 1. The van der Waals surface area contributed by atoms with E-state index in [0.29, 0.717) is 32.0 Å². The Bertz CT molecular complexity index is 7750. The van der Waals surface area contributed by atoms with Crippen LogP contribution in [0.1, 0.15) is 11.1 Å². The van der Waals surface area contributed by atoms with Crippen LogP contribution in [0.2, 0.25) is 15.7 Å². The van der Waals surface area contributed by atoms with Crippen molar-refractivity contribution in [3.8, 4) is 73.0 Å². The Labute approximate surface area is 787 Å². The van der Waals surface area contributed by atoms with Crippen molar-refractivity contribution < 1.29 is 19.4 Å². The second kappa shape index (κ2) is 41.4. The zero-order valence-corrected chi connectivity index (χ0v) is 75.9. The minimum absolute atomic E-state index is 0.179. The molecule has 0 bridgehead atoms. The van der Waals surface area contributed by atoms with Gasteiger partial charge in [-0.05, 0) is 274 Å². The van der Waals surface area contributed by atoms with Gasteiger partial charge in [-0.15, -0.1) is 0 Å². The molecule has 1 aliphatic rings. The van der Waals surface area contributed by atoms with Crippen molar-refractivity contribution in [3.05, 3.63) is 458 Å². The largest absolute Gasteiger partial charge is 0.569 e. The van der Waals surface area contributed by atoms with E-state index in [4.69, 9.17) is 54.2 Å². The number of halogens is 6. The van der Waals surface area contributed by atoms with Gasteiger partial charge in [-0.2, -0.15) is 0 Å². The van der Waals surface area contributed by atoms with Gasteiger partial charge in [-0.1, -0.05) is 292 Å². The number of H-pyrrole nitrogens is 1. The second-order valence-corrected chi connectivity index (χ2v) is 33.7. The van der Waals surface area contributed by atoms with Crippen LogP contribution >= 0.6 is 89.3 Å². The van der Waals surface area contributed by atoms with Gasteiger partial charge in [0.05, 0.1) is 45.0 Å². The van der Waals surface area contributed by atoms with Gasteiger partial charge in [0, 0.05) is 79.3 Å². The van der Waals surface area contributed by atoms with Crippen LogP contribution < -0.4 is 9.31 Å². The monoisotopic (exact) mass is 1950 g/mol. The molecule has 0 saturated heterocycles. The van der Waals surface area contributed by atoms with Gasteiger partial charge in [0.15, 0.2) is 0 Å². The van der Waals surface area contributed by atoms with Crippen molar-refractivity contribution in [1.82, 2.24) is 29.5 Å². The van der Waals surface area contributed by atoms with Gasteiger partial charge >= 0.3 is 15.4 Å². The summed E-state index contributed by atoms with van der Waals surface area (Å²) >= 11 is 26.7. The van der Waals surface area contributed by atoms with Crippen molar-refractivity contribution >= 4 is 215 Å². The first-order valence-corrected chi connectivity index (χ1v) is 44.7. The number of aromatic nitrogens is 6. The molecule has 0 atom stereocenters. The molecule has 18 heteroatoms. The first-order valence-electron chi connectivity index (χ1n) is 40.9. The van der Waals surface area contributed by atoms with Crippen molar-refractivity contribution in [3.63, 3.8) is 0 Å². The Kier molecular flexibility index (Phi) is 28.0. The number of fused-ring (bicyclic) bond motifs is 12. The SMILES string of the molecule is Brc1ccc(-c2ccc3ccccc3c2)cc1.Brc1ccc(I)cc1.Clc1nc(-c2ccc(-c3ccc4ccccc4c3)cc2)c2ccccc2n1.Clc1nc(Cl)c2ccccc2n1.O[B]Oc1ccc(-c2ccc3c(c2)C=C[C+]=C3)cc1.O[B]Oc1ccc2ccccc2c1.c1ccc(-n2c3ccccc3c3cc(-c4ccc5[nH]c6ccccc6c5c4)ccc32)cc1. The molecule has 4 aromatic heterocycles. The molecule has 0 spiro atoms. The second-order valence-electron chi connectivity index (χ2n) is 29.6. The van der Waals surface area contributed by atoms with E-state index in [9.17, 15) is 0 Å². The van der Waals surface area contributed by atoms with Crippen LogP contribution in [0.15, 0.2) is 421 Å². The van der Waals surface area contributed by atoms with Gasteiger partial charge in [0.25, 0.3) is 0 Å². The molecule has 22 aromatic rings. The molecular weight excluding hydrogens is 1880 g/mol. The molecule has 614 valence electrons. The summed E-state index contributed by atoms with van der Waals surface area (Å²) in [5, 5.41) is 32.1. The number of allylic oxidation sites excluding steroid dienone is 2. The highest BCUT2D eigenvalue weighted by molar-refractivity contribution is 14.1. The van der Waals surface area contributed by atoms with E-state index in [-0.39, 0.29) is 10.6 Å². The third-order valence-electron chi connectivity index (χ3n) is 21.6. The fourth-order valence-corrected chi connectivity index (χ4v) is 16.9. The maximum atomic E-state index is 8.57. The topological polar surface area (TPSA) is 131 Å². The number of para-hydroxylation sites is 5. The minimum Gasteiger partial charge on any atom is -0.537 e. The van der Waals surface area contributed by atoms with Crippen molar-refractivity contribution in [1.29, 1.82) is 0 Å².